The lowest BCUT2D eigenvalue weighted by Crippen LogP contribution is -2.36. The zero-order valence-electron chi connectivity index (χ0n) is 15.3. The lowest BCUT2D eigenvalue weighted by Gasteiger charge is -2.32. The monoisotopic (exact) mass is 384 g/mol. The van der Waals surface area contributed by atoms with E-state index in [2.05, 4.69) is 9.88 Å². The van der Waals surface area contributed by atoms with Crippen molar-refractivity contribution in [2.45, 2.75) is 12.8 Å². The number of benzene rings is 1. The van der Waals surface area contributed by atoms with Gasteiger partial charge in [0.1, 0.15) is 5.69 Å². The van der Waals surface area contributed by atoms with Crippen LogP contribution in [-0.2, 0) is 11.8 Å². The molecule has 28 heavy (non-hydrogen) atoms. The number of H-pyrrole nitrogens is 1. The second kappa shape index (κ2) is 6.59. The number of fused-ring (bicyclic) bond motifs is 1. The van der Waals surface area contributed by atoms with Gasteiger partial charge in [0, 0.05) is 26.2 Å². The summed E-state index contributed by atoms with van der Waals surface area (Å²) in [5.41, 5.74) is 1.49. The lowest BCUT2D eigenvalue weighted by molar-refractivity contribution is -0.142. The molecule has 9 heteroatoms. The minimum atomic E-state index is -0.773. The molecule has 0 aliphatic carbocycles. The third-order valence-corrected chi connectivity index (χ3v) is 5.35. The van der Waals surface area contributed by atoms with Crippen LogP contribution in [0.25, 0.3) is 16.7 Å². The highest BCUT2D eigenvalue weighted by Gasteiger charge is 2.27. The number of aromatic hydroxyl groups is 1. The van der Waals surface area contributed by atoms with Gasteiger partial charge in [0.2, 0.25) is 5.88 Å². The van der Waals surface area contributed by atoms with Crippen LogP contribution in [0.1, 0.15) is 12.8 Å². The minimum absolute atomic E-state index is 0.192. The highest BCUT2D eigenvalue weighted by Crippen LogP contribution is 2.31. The number of carboxylic acids is 1. The first-order valence-electron chi connectivity index (χ1n) is 8.99. The number of rotatable bonds is 3. The van der Waals surface area contributed by atoms with E-state index in [0.717, 1.165) is 5.69 Å². The van der Waals surface area contributed by atoms with Crippen LogP contribution in [0, 0.1) is 5.92 Å². The molecule has 1 fully saturated rings. The maximum absolute atomic E-state index is 12.9. The van der Waals surface area contributed by atoms with Gasteiger partial charge in [-0.15, -0.1) is 0 Å². The van der Waals surface area contributed by atoms with Gasteiger partial charge < -0.3 is 15.1 Å². The average Bonchev–Trinajstić information content (AvgIpc) is 2.93. The fourth-order valence-corrected chi connectivity index (χ4v) is 3.88. The van der Waals surface area contributed by atoms with Crippen molar-refractivity contribution in [3.05, 3.63) is 51.2 Å². The van der Waals surface area contributed by atoms with E-state index < -0.39 is 11.5 Å². The van der Waals surface area contributed by atoms with Crippen molar-refractivity contribution in [1.29, 1.82) is 0 Å². The molecule has 4 rings (SSSR count). The Hall–Kier alpha value is -3.49. The summed E-state index contributed by atoms with van der Waals surface area (Å²) in [4.78, 5) is 39.9. The number of aryl methyl sites for hydroxylation is 1. The molecule has 1 aliphatic heterocycles. The molecule has 9 nitrogen and oxygen atoms in total. The number of anilines is 1. The second-order valence-electron chi connectivity index (χ2n) is 6.98. The standard InChI is InChI=1S/C19H20N4O5/c1-21-16-12(22-9-7-11(8-10-22)18(26)27)3-2-4-13(16)23(19(21)28)14-5-6-15(24)20-17(14)25/h2-6,11H,7-10H2,1H3,(H,26,27)(H2,20,24,25). The first kappa shape index (κ1) is 17.9. The van der Waals surface area contributed by atoms with E-state index in [1.807, 2.05) is 12.1 Å². The number of carbonyl (C=O) groups is 1. The predicted octanol–water partition coefficient (Wildman–Crippen LogP) is 1.02. The SMILES string of the molecule is Cn1c(=O)n(-c2ccc(=O)[nH]c2O)c2cccc(N3CCC(C(=O)O)CC3)c21. The molecule has 146 valence electrons. The van der Waals surface area contributed by atoms with Crippen LogP contribution < -0.4 is 16.1 Å². The number of aromatic amines is 1. The Kier molecular flexibility index (Phi) is 4.21. The number of aliphatic carboxylic acids is 1. The van der Waals surface area contributed by atoms with Crippen molar-refractivity contribution in [2.75, 3.05) is 18.0 Å². The van der Waals surface area contributed by atoms with Gasteiger partial charge in [-0.05, 0) is 31.0 Å². The molecule has 0 saturated carbocycles. The summed E-state index contributed by atoms with van der Waals surface area (Å²) in [6.07, 6.45) is 1.09. The number of nitrogens with zero attached hydrogens (tertiary/aromatic N) is 3. The van der Waals surface area contributed by atoms with Crippen molar-refractivity contribution in [2.24, 2.45) is 13.0 Å². The number of imidazole rings is 1. The third-order valence-electron chi connectivity index (χ3n) is 5.35. The fourth-order valence-electron chi connectivity index (χ4n) is 3.88. The number of pyridine rings is 1. The van der Waals surface area contributed by atoms with Crippen LogP contribution in [0.15, 0.2) is 39.9 Å². The largest absolute Gasteiger partial charge is 0.493 e. The molecule has 1 aromatic carbocycles. The van der Waals surface area contributed by atoms with Crippen LogP contribution in [0.4, 0.5) is 5.69 Å². The molecule has 3 N–H and O–H groups in total. The van der Waals surface area contributed by atoms with E-state index >= 15 is 0 Å². The molecular weight excluding hydrogens is 364 g/mol. The summed E-state index contributed by atoms with van der Waals surface area (Å²) in [6.45, 7) is 1.17. The summed E-state index contributed by atoms with van der Waals surface area (Å²) in [5.74, 6) is -1.50. The van der Waals surface area contributed by atoms with Gasteiger partial charge in [0.25, 0.3) is 5.56 Å². The Morgan fingerprint density at radius 1 is 1.11 bits per heavy atom. The van der Waals surface area contributed by atoms with Gasteiger partial charge in [-0.2, -0.15) is 0 Å². The van der Waals surface area contributed by atoms with Gasteiger partial charge >= 0.3 is 11.7 Å². The molecular formula is C19H20N4O5. The Morgan fingerprint density at radius 2 is 1.82 bits per heavy atom. The van der Waals surface area contributed by atoms with E-state index in [0.29, 0.717) is 37.0 Å². The van der Waals surface area contributed by atoms with Crippen LogP contribution in [0.2, 0.25) is 0 Å². The molecule has 1 aliphatic rings. The number of hydrogen-bond donors (Lipinski definition) is 3. The Balaban J connectivity index is 1.85. The number of carboxylic acid groups (broad SMARTS) is 1. The second-order valence-corrected chi connectivity index (χ2v) is 6.98. The summed E-state index contributed by atoms with van der Waals surface area (Å²) in [6, 6.07) is 8.15. The van der Waals surface area contributed by atoms with E-state index in [-0.39, 0.29) is 23.2 Å². The molecule has 0 radical (unpaired) electrons. The molecule has 1 saturated heterocycles. The van der Waals surface area contributed by atoms with Crippen molar-refractivity contribution >= 4 is 22.7 Å². The summed E-state index contributed by atoms with van der Waals surface area (Å²) in [5, 5.41) is 19.4. The zero-order chi connectivity index (χ0) is 20.0. The van der Waals surface area contributed by atoms with Crippen molar-refractivity contribution in [3.63, 3.8) is 0 Å². The smallest absolute Gasteiger partial charge is 0.333 e. The molecule has 0 unspecified atom stereocenters. The molecule has 2 aromatic heterocycles. The van der Waals surface area contributed by atoms with Crippen LogP contribution in [0.3, 0.4) is 0 Å². The van der Waals surface area contributed by atoms with E-state index in [1.54, 1.807) is 13.1 Å². The van der Waals surface area contributed by atoms with Crippen molar-refractivity contribution in [1.82, 2.24) is 14.1 Å². The highest BCUT2D eigenvalue weighted by atomic mass is 16.4. The Morgan fingerprint density at radius 3 is 2.46 bits per heavy atom. The van der Waals surface area contributed by atoms with Crippen LogP contribution in [-0.4, -0.2) is 43.4 Å². The van der Waals surface area contributed by atoms with E-state index in [9.17, 15) is 24.6 Å². The topological polar surface area (TPSA) is 121 Å². The van der Waals surface area contributed by atoms with Gasteiger partial charge in [0.05, 0.1) is 22.6 Å². The highest BCUT2D eigenvalue weighted by molar-refractivity contribution is 5.91. The number of piperidine rings is 1. The zero-order valence-corrected chi connectivity index (χ0v) is 15.3. The maximum atomic E-state index is 12.9. The van der Waals surface area contributed by atoms with Gasteiger partial charge in [0.15, 0.2) is 0 Å². The average molecular weight is 384 g/mol. The maximum Gasteiger partial charge on any atom is 0.333 e. The van der Waals surface area contributed by atoms with Gasteiger partial charge in [-0.25, -0.2) is 4.79 Å². The molecule has 0 spiro atoms. The van der Waals surface area contributed by atoms with Gasteiger partial charge in [-0.1, -0.05) is 6.07 Å². The number of nitrogens with one attached hydrogen (secondary N) is 1. The quantitative estimate of drug-likeness (QED) is 0.620. The van der Waals surface area contributed by atoms with Crippen molar-refractivity contribution in [3.8, 4) is 11.6 Å². The Bertz CT molecular complexity index is 1180. The fraction of sp³-hybridized carbons (Fsp3) is 0.316. The van der Waals surface area contributed by atoms with Crippen molar-refractivity contribution < 1.29 is 15.0 Å². The predicted molar refractivity (Wildman–Crippen MR) is 103 cm³/mol. The molecule has 3 aromatic rings. The first-order chi connectivity index (χ1) is 13.4. The molecule has 0 amide bonds. The lowest BCUT2D eigenvalue weighted by atomic mass is 9.96. The summed E-state index contributed by atoms with van der Waals surface area (Å²) in [7, 11) is 1.65. The van der Waals surface area contributed by atoms with E-state index in [4.69, 9.17) is 0 Å². The van der Waals surface area contributed by atoms with Crippen LogP contribution >= 0.6 is 0 Å². The molecule has 3 heterocycles. The summed E-state index contributed by atoms with van der Waals surface area (Å²) < 4.78 is 2.85. The first-order valence-corrected chi connectivity index (χ1v) is 8.99. The number of aromatic nitrogens is 3. The Labute approximate surface area is 159 Å². The normalized spacial score (nSPS) is 15.2. The van der Waals surface area contributed by atoms with E-state index in [1.165, 1.54) is 21.3 Å². The minimum Gasteiger partial charge on any atom is -0.493 e. The van der Waals surface area contributed by atoms with Gasteiger partial charge in [-0.3, -0.25) is 23.7 Å². The number of hydrogen-bond acceptors (Lipinski definition) is 5. The number of para-hydroxylation sites is 1. The molecule has 0 atom stereocenters. The molecule has 0 bridgehead atoms. The van der Waals surface area contributed by atoms with Crippen LogP contribution in [0.5, 0.6) is 5.88 Å². The summed E-state index contributed by atoms with van der Waals surface area (Å²) >= 11 is 0. The third kappa shape index (κ3) is 2.75.